The Balaban J connectivity index is 2.12. The first-order chi connectivity index (χ1) is 7.79. The summed E-state index contributed by atoms with van der Waals surface area (Å²) in [6.45, 7) is 0. The predicted molar refractivity (Wildman–Crippen MR) is 60.6 cm³/mol. The number of fused-ring (bicyclic) bond motifs is 2. The molecule has 1 aromatic carbocycles. The van der Waals surface area contributed by atoms with Gasteiger partial charge in [0.05, 0.1) is 0 Å². The summed E-state index contributed by atoms with van der Waals surface area (Å²) in [5.74, 6) is 0.326. The molecule has 0 spiro atoms. The van der Waals surface area contributed by atoms with Crippen LogP contribution >= 0.6 is 0 Å². The van der Waals surface area contributed by atoms with E-state index in [2.05, 4.69) is 0 Å². The predicted octanol–water partition coefficient (Wildman–Crippen LogP) is 2.87. The Morgan fingerprint density at radius 1 is 0.812 bits per heavy atom. The zero-order valence-electron chi connectivity index (χ0n) is 9.11. The number of hydrogen-bond donors (Lipinski definition) is 0. The lowest BCUT2D eigenvalue weighted by atomic mass is 9.67. The molecular formula is C14H14O2. The van der Waals surface area contributed by atoms with E-state index in [0.717, 1.165) is 25.7 Å². The Kier molecular flexibility index (Phi) is 2.16. The molecule has 2 unspecified atom stereocenters. The van der Waals surface area contributed by atoms with Crippen LogP contribution in [0.25, 0.3) is 0 Å². The number of rotatable bonds is 0. The molecule has 2 atom stereocenters. The maximum atomic E-state index is 12.2. The van der Waals surface area contributed by atoms with Crippen molar-refractivity contribution in [2.75, 3.05) is 0 Å². The van der Waals surface area contributed by atoms with Crippen LogP contribution in [0.1, 0.15) is 46.4 Å². The molecule has 82 valence electrons. The molecule has 0 saturated heterocycles. The van der Waals surface area contributed by atoms with Crippen molar-refractivity contribution >= 4 is 11.6 Å². The lowest BCUT2D eigenvalue weighted by Crippen LogP contribution is -2.38. The van der Waals surface area contributed by atoms with E-state index in [1.807, 2.05) is 12.1 Å². The second kappa shape index (κ2) is 3.55. The first-order valence-electron chi connectivity index (χ1n) is 5.96. The van der Waals surface area contributed by atoms with Crippen molar-refractivity contribution in [3.8, 4) is 0 Å². The van der Waals surface area contributed by atoms with Crippen molar-refractivity contribution in [3.63, 3.8) is 0 Å². The van der Waals surface area contributed by atoms with Gasteiger partial charge >= 0.3 is 0 Å². The highest BCUT2D eigenvalue weighted by Gasteiger charge is 2.41. The van der Waals surface area contributed by atoms with Crippen LogP contribution in [0.3, 0.4) is 0 Å². The van der Waals surface area contributed by atoms with Gasteiger partial charge in [-0.2, -0.15) is 0 Å². The van der Waals surface area contributed by atoms with E-state index in [0.29, 0.717) is 11.1 Å². The molecular weight excluding hydrogens is 200 g/mol. The van der Waals surface area contributed by atoms with Gasteiger partial charge in [0, 0.05) is 23.0 Å². The summed E-state index contributed by atoms with van der Waals surface area (Å²) in [5.41, 5.74) is 1.30. The maximum Gasteiger partial charge on any atom is 0.167 e. The van der Waals surface area contributed by atoms with Crippen molar-refractivity contribution < 1.29 is 9.59 Å². The highest BCUT2D eigenvalue weighted by Crippen LogP contribution is 2.39. The summed E-state index contributed by atoms with van der Waals surface area (Å²) in [6, 6.07) is 7.26. The maximum absolute atomic E-state index is 12.2. The number of ketones is 2. The molecule has 1 saturated carbocycles. The fraction of sp³-hybridized carbons (Fsp3) is 0.429. The number of carbonyl (C=O) groups is 2. The Morgan fingerprint density at radius 3 is 1.69 bits per heavy atom. The third kappa shape index (κ3) is 1.26. The van der Waals surface area contributed by atoms with Gasteiger partial charge in [-0.3, -0.25) is 9.59 Å². The molecule has 16 heavy (non-hydrogen) atoms. The van der Waals surface area contributed by atoms with Crippen LogP contribution in [0.5, 0.6) is 0 Å². The number of benzene rings is 1. The molecule has 1 aromatic rings. The zero-order valence-corrected chi connectivity index (χ0v) is 9.11. The molecule has 2 nitrogen and oxygen atoms in total. The van der Waals surface area contributed by atoms with Crippen LogP contribution < -0.4 is 0 Å². The summed E-state index contributed by atoms with van der Waals surface area (Å²) in [6.07, 6.45) is 3.96. The van der Waals surface area contributed by atoms with Gasteiger partial charge in [-0.1, -0.05) is 37.1 Å². The normalized spacial score (nSPS) is 28.5. The van der Waals surface area contributed by atoms with Crippen LogP contribution in [0, 0.1) is 11.8 Å². The standard InChI is InChI=1S/C14H14O2/c15-13-9-5-1-2-6-10(9)14(16)12-8-4-3-7-11(12)13/h1-2,5-6,11-12H,3-4,7-8H2. The van der Waals surface area contributed by atoms with Crippen molar-refractivity contribution in [3.05, 3.63) is 35.4 Å². The molecule has 2 aliphatic rings. The second-order valence-corrected chi connectivity index (χ2v) is 4.77. The monoisotopic (exact) mass is 214 g/mol. The van der Waals surface area contributed by atoms with E-state index in [-0.39, 0.29) is 23.4 Å². The zero-order chi connectivity index (χ0) is 11.1. The molecule has 0 amide bonds. The summed E-state index contributed by atoms with van der Waals surface area (Å²) in [5, 5.41) is 0. The minimum absolute atomic E-state index is 0.0313. The van der Waals surface area contributed by atoms with E-state index in [1.165, 1.54) is 0 Å². The highest BCUT2D eigenvalue weighted by atomic mass is 16.1. The summed E-state index contributed by atoms with van der Waals surface area (Å²) < 4.78 is 0. The van der Waals surface area contributed by atoms with Crippen molar-refractivity contribution in [2.45, 2.75) is 25.7 Å². The Morgan fingerprint density at radius 2 is 1.25 bits per heavy atom. The van der Waals surface area contributed by atoms with Crippen molar-refractivity contribution in [1.82, 2.24) is 0 Å². The van der Waals surface area contributed by atoms with Crippen molar-refractivity contribution in [1.29, 1.82) is 0 Å². The van der Waals surface area contributed by atoms with E-state index in [4.69, 9.17) is 0 Å². The fourth-order valence-corrected chi connectivity index (χ4v) is 3.07. The molecule has 2 aliphatic carbocycles. The van der Waals surface area contributed by atoms with Crippen LogP contribution in [-0.4, -0.2) is 11.6 Å². The van der Waals surface area contributed by atoms with Gasteiger partial charge < -0.3 is 0 Å². The lowest BCUT2D eigenvalue weighted by Gasteiger charge is -2.33. The quantitative estimate of drug-likeness (QED) is 0.665. The Labute approximate surface area is 94.7 Å². The van der Waals surface area contributed by atoms with Gasteiger partial charge in [-0.25, -0.2) is 0 Å². The van der Waals surface area contributed by atoms with Crippen LogP contribution in [0.2, 0.25) is 0 Å². The molecule has 0 aliphatic heterocycles. The average Bonchev–Trinajstić information content (AvgIpc) is 2.36. The molecule has 3 rings (SSSR count). The molecule has 0 bridgehead atoms. The fourth-order valence-electron chi connectivity index (χ4n) is 3.07. The molecule has 0 heterocycles. The summed E-state index contributed by atoms with van der Waals surface area (Å²) >= 11 is 0. The third-order valence-electron chi connectivity index (χ3n) is 3.90. The van der Waals surface area contributed by atoms with Gasteiger partial charge in [0.2, 0.25) is 0 Å². The molecule has 0 N–H and O–H groups in total. The van der Waals surface area contributed by atoms with Crippen molar-refractivity contribution in [2.24, 2.45) is 11.8 Å². The van der Waals surface area contributed by atoms with Crippen LogP contribution in [0.4, 0.5) is 0 Å². The second-order valence-electron chi connectivity index (χ2n) is 4.77. The molecule has 2 heteroatoms. The first kappa shape index (κ1) is 9.76. The first-order valence-corrected chi connectivity index (χ1v) is 5.96. The summed E-state index contributed by atoms with van der Waals surface area (Å²) in [7, 11) is 0. The van der Waals surface area contributed by atoms with Gasteiger partial charge in [0.1, 0.15) is 0 Å². The smallest absolute Gasteiger partial charge is 0.167 e. The van der Waals surface area contributed by atoms with E-state index >= 15 is 0 Å². The van der Waals surface area contributed by atoms with Crippen LogP contribution in [0.15, 0.2) is 24.3 Å². The Hall–Kier alpha value is -1.44. The van der Waals surface area contributed by atoms with Gasteiger partial charge in [0.15, 0.2) is 11.6 Å². The van der Waals surface area contributed by atoms with E-state index in [9.17, 15) is 9.59 Å². The number of Topliss-reactive ketones (excluding diaryl/α,β-unsaturated/α-hetero) is 2. The minimum Gasteiger partial charge on any atom is -0.294 e. The molecule has 0 radical (unpaired) electrons. The third-order valence-corrected chi connectivity index (χ3v) is 3.90. The average molecular weight is 214 g/mol. The Bertz CT molecular complexity index is 419. The number of carbonyl (C=O) groups excluding carboxylic acids is 2. The van der Waals surface area contributed by atoms with Gasteiger partial charge in [-0.15, -0.1) is 0 Å². The van der Waals surface area contributed by atoms with E-state index < -0.39 is 0 Å². The van der Waals surface area contributed by atoms with E-state index in [1.54, 1.807) is 12.1 Å². The highest BCUT2D eigenvalue weighted by molar-refractivity contribution is 6.16. The molecule has 1 fully saturated rings. The number of hydrogen-bond acceptors (Lipinski definition) is 2. The SMILES string of the molecule is O=C1c2ccccc2C(=O)C2CCCCC12. The molecule has 0 aromatic heterocycles. The van der Waals surface area contributed by atoms with Gasteiger partial charge in [0.25, 0.3) is 0 Å². The summed E-state index contributed by atoms with van der Waals surface area (Å²) in [4.78, 5) is 24.5. The van der Waals surface area contributed by atoms with Gasteiger partial charge in [-0.05, 0) is 12.8 Å². The minimum atomic E-state index is -0.0313. The largest absolute Gasteiger partial charge is 0.294 e. The lowest BCUT2D eigenvalue weighted by molar-refractivity contribution is 0.0677. The topological polar surface area (TPSA) is 34.1 Å². The van der Waals surface area contributed by atoms with Crippen LogP contribution in [-0.2, 0) is 0 Å².